The normalized spacial score (nSPS) is 12.6. The van der Waals surface area contributed by atoms with Crippen molar-refractivity contribution in [1.82, 2.24) is 9.97 Å². The summed E-state index contributed by atoms with van der Waals surface area (Å²) in [4.78, 5) is 12.7. The molecule has 0 aliphatic rings. The second-order valence-corrected chi connectivity index (χ2v) is 18.6. The summed E-state index contributed by atoms with van der Waals surface area (Å²) in [5.41, 5.74) is 7.47. The van der Waals surface area contributed by atoms with Crippen LogP contribution in [-0.4, -0.2) is 9.97 Å². The molecule has 9 aromatic carbocycles. The maximum absolute atomic E-state index is 14.7. The fourth-order valence-corrected chi connectivity index (χ4v) is 11.4. The van der Waals surface area contributed by atoms with Gasteiger partial charge in [-0.2, -0.15) is 26.3 Å². The predicted octanol–water partition coefficient (Wildman–Crippen LogP) is 18.3. The van der Waals surface area contributed by atoms with E-state index >= 15 is 0 Å². The van der Waals surface area contributed by atoms with Crippen LogP contribution in [0.2, 0.25) is 0 Å². The number of furan rings is 2. The minimum atomic E-state index is -4.62. The van der Waals surface area contributed by atoms with Crippen LogP contribution in [0.5, 0.6) is 0 Å². The van der Waals surface area contributed by atoms with Gasteiger partial charge in [0.1, 0.15) is 33.4 Å². The molecule has 11 heteroatoms. The Morgan fingerprint density at radius 2 is 0.913 bits per heavy atom. The standard InChI is InChI=1S/C58H32F6N2O2S/c1-29-17-21-35(46(25-29)58(62,63)64)32-19-23-37-36-22-18-31(34-24-20-33(26-30(34)2)57(59,60)61)27-44(36)49-50(45(37)28-32)66-52-51(65-49)55(42-13-7-11-40-38-9-3-5-15-47(38)67-53(40)42)69-56(52)43-14-8-12-41-39-10-4-6-16-48(39)68-54(41)43/h3-28H,1-2H3. The van der Waals surface area contributed by atoms with Crippen LogP contribution in [0.3, 0.4) is 0 Å². The Labute approximate surface area is 391 Å². The third-order valence-electron chi connectivity index (χ3n) is 13.3. The van der Waals surface area contributed by atoms with Gasteiger partial charge in [-0.15, -0.1) is 11.3 Å². The minimum Gasteiger partial charge on any atom is -0.455 e. The van der Waals surface area contributed by atoms with Gasteiger partial charge in [0.25, 0.3) is 0 Å². The molecule has 0 bridgehead atoms. The van der Waals surface area contributed by atoms with E-state index in [-0.39, 0.29) is 5.56 Å². The van der Waals surface area contributed by atoms with Gasteiger partial charge >= 0.3 is 12.4 Å². The lowest BCUT2D eigenvalue weighted by molar-refractivity contribution is -0.138. The van der Waals surface area contributed by atoms with Crippen molar-refractivity contribution in [3.05, 3.63) is 180 Å². The van der Waals surface area contributed by atoms with Gasteiger partial charge in [0.05, 0.1) is 31.9 Å². The number of thiophene rings is 1. The second-order valence-electron chi connectivity index (χ2n) is 17.5. The topological polar surface area (TPSA) is 52.1 Å². The Kier molecular flexibility index (Phi) is 8.80. The summed E-state index contributed by atoms with van der Waals surface area (Å²) in [6.07, 6.45) is -9.14. The molecule has 0 unspecified atom stereocenters. The molecule has 69 heavy (non-hydrogen) atoms. The quantitative estimate of drug-likeness (QED) is 0.130. The number of fused-ring (bicyclic) bond motifs is 13. The number of nitrogens with zero attached hydrogens (tertiary/aromatic N) is 2. The van der Waals surface area contributed by atoms with E-state index in [9.17, 15) is 26.3 Å². The van der Waals surface area contributed by atoms with E-state index in [1.54, 1.807) is 32.0 Å². The van der Waals surface area contributed by atoms with E-state index in [4.69, 9.17) is 18.8 Å². The van der Waals surface area contributed by atoms with Gasteiger partial charge in [0, 0.05) is 43.4 Å². The van der Waals surface area contributed by atoms with E-state index < -0.39 is 23.5 Å². The van der Waals surface area contributed by atoms with Gasteiger partial charge in [0.15, 0.2) is 0 Å². The summed E-state index contributed by atoms with van der Waals surface area (Å²) < 4.78 is 99.0. The molecule has 0 radical (unpaired) electrons. The highest BCUT2D eigenvalue weighted by Gasteiger charge is 2.34. The average molecular weight is 935 g/mol. The molecule has 4 nitrogen and oxygen atoms in total. The lowest BCUT2D eigenvalue weighted by atomic mass is 9.91. The number of aryl methyl sites for hydroxylation is 2. The van der Waals surface area contributed by atoms with Crippen molar-refractivity contribution in [2.45, 2.75) is 26.2 Å². The zero-order valence-electron chi connectivity index (χ0n) is 36.4. The molecule has 13 aromatic rings. The lowest BCUT2D eigenvalue weighted by Crippen LogP contribution is -2.07. The van der Waals surface area contributed by atoms with E-state index in [1.165, 1.54) is 23.5 Å². The van der Waals surface area contributed by atoms with Crippen molar-refractivity contribution in [3.63, 3.8) is 0 Å². The summed E-state index contributed by atoms with van der Waals surface area (Å²) in [5, 5.41) is 6.47. The molecule has 0 saturated carbocycles. The predicted molar refractivity (Wildman–Crippen MR) is 266 cm³/mol. The first-order valence-corrected chi connectivity index (χ1v) is 22.9. The fourth-order valence-electron chi connectivity index (χ4n) is 10.1. The summed E-state index contributed by atoms with van der Waals surface area (Å²) in [5.74, 6) is 0. The molecule has 4 heterocycles. The molecular weight excluding hydrogens is 903 g/mol. The van der Waals surface area contributed by atoms with E-state index in [0.717, 1.165) is 82.6 Å². The third kappa shape index (κ3) is 6.37. The van der Waals surface area contributed by atoms with Crippen molar-refractivity contribution in [3.8, 4) is 43.1 Å². The Bertz CT molecular complexity index is 4330. The van der Waals surface area contributed by atoms with Crippen molar-refractivity contribution in [2.24, 2.45) is 0 Å². The van der Waals surface area contributed by atoms with Crippen LogP contribution in [0.15, 0.2) is 167 Å². The summed E-state index contributed by atoms with van der Waals surface area (Å²) >= 11 is 1.50. The molecule has 0 aliphatic heterocycles. The zero-order valence-corrected chi connectivity index (χ0v) is 37.2. The van der Waals surface area contributed by atoms with Crippen LogP contribution in [0.25, 0.3) is 131 Å². The number of aromatic nitrogens is 2. The van der Waals surface area contributed by atoms with Crippen LogP contribution in [0, 0.1) is 13.8 Å². The highest BCUT2D eigenvalue weighted by Crippen LogP contribution is 2.50. The number of rotatable bonds is 4. The number of hydrogen-bond donors (Lipinski definition) is 0. The van der Waals surface area contributed by atoms with Crippen LogP contribution in [0.1, 0.15) is 22.3 Å². The molecule has 0 saturated heterocycles. The Hall–Kier alpha value is -8.02. The summed E-state index contributed by atoms with van der Waals surface area (Å²) in [6.45, 7) is 3.28. The first kappa shape index (κ1) is 41.2. The van der Waals surface area contributed by atoms with Gasteiger partial charge in [-0.1, -0.05) is 109 Å². The Balaban J connectivity index is 1.17. The van der Waals surface area contributed by atoms with E-state index in [2.05, 4.69) is 0 Å². The third-order valence-corrected chi connectivity index (χ3v) is 14.6. The Morgan fingerprint density at radius 1 is 0.406 bits per heavy atom. The van der Waals surface area contributed by atoms with Crippen molar-refractivity contribution in [2.75, 3.05) is 0 Å². The van der Waals surface area contributed by atoms with Crippen LogP contribution >= 0.6 is 11.3 Å². The molecule has 4 aromatic heterocycles. The highest BCUT2D eigenvalue weighted by molar-refractivity contribution is 7.21. The molecule has 0 amide bonds. The first-order valence-electron chi connectivity index (χ1n) is 22.1. The Morgan fingerprint density at radius 3 is 1.43 bits per heavy atom. The van der Waals surface area contributed by atoms with Gasteiger partial charge in [0.2, 0.25) is 0 Å². The molecule has 0 spiro atoms. The van der Waals surface area contributed by atoms with Gasteiger partial charge in [-0.25, -0.2) is 9.97 Å². The molecule has 0 atom stereocenters. The first-order chi connectivity index (χ1) is 33.3. The van der Waals surface area contributed by atoms with Gasteiger partial charge in [-0.05, 0) is 107 Å². The van der Waals surface area contributed by atoms with Crippen molar-refractivity contribution < 1.29 is 35.2 Å². The number of hydrogen-bond acceptors (Lipinski definition) is 5. The lowest BCUT2D eigenvalue weighted by Gasteiger charge is -2.16. The molecule has 13 rings (SSSR count). The number of halogens is 6. The molecular formula is C58H32F6N2O2S. The zero-order chi connectivity index (χ0) is 47.1. The average Bonchev–Trinajstić information content (AvgIpc) is 4.04. The molecule has 0 N–H and O–H groups in total. The van der Waals surface area contributed by atoms with Crippen LogP contribution < -0.4 is 0 Å². The van der Waals surface area contributed by atoms with Gasteiger partial charge < -0.3 is 8.83 Å². The largest absolute Gasteiger partial charge is 0.455 e. The molecule has 334 valence electrons. The van der Waals surface area contributed by atoms with Crippen LogP contribution in [-0.2, 0) is 12.4 Å². The van der Waals surface area contributed by atoms with Crippen LogP contribution in [0.4, 0.5) is 26.3 Å². The van der Waals surface area contributed by atoms with Crippen molar-refractivity contribution >= 4 is 98.8 Å². The fraction of sp³-hybridized carbons (Fsp3) is 0.0690. The smallest absolute Gasteiger partial charge is 0.417 e. The maximum atomic E-state index is 14.7. The second kappa shape index (κ2) is 14.7. The maximum Gasteiger partial charge on any atom is 0.417 e. The number of para-hydroxylation sites is 4. The minimum absolute atomic E-state index is 0.0272. The van der Waals surface area contributed by atoms with E-state index in [1.807, 2.05) is 109 Å². The van der Waals surface area contributed by atoms with E-state index in [0.29, 0.717) is 71.8 Å². The number of benzene rings is 9. The van der Waals surface area contributed by atoms with Gasteiger partial charge in [-0.3, -0.25) is 0 Å². The van der Waals surface area contributed by atoms with Crippen molar-refractivity contribution in [1.29, 1.82) is 0 Å². The summed E-state index contributed by atoms with van der Waals surface area (Å²) in [7, 11) is 0. The molecule has 0 aliphatic carbocycles. The molecule has 0 fully saturated rings. The highest BCUT2D eigenvalue weighted by atomic mass is 32.1. The monoisotopic (exact) mass is 934 g/mol. The summed E-state index contributed by atoms with van der Waals surface area (Å²) in [6, 6.07) is 46.7. The SMILES string of the molecule is Cc1ccc(-c2ccc3c4ccc(-c5ccc(C(F)(F)F)cc5C)cc4c4nc5c(-c6cccc7c6oc6ccccc67)sc(-c6cccc7c6oc6ccccc67)c5nc4c3c2)c(C(F)(F)F)c1. The number of alkyl halides is 6.